The number of rotatable bonds is 14. The van der Waals surface area contributed by atoms with Crippen molar-refractivity contribution in [1.29, 1.82) is 0 Å². The third-order valence-electron chi connectivity index (χ3n) is 9.08. The minimum absolute atomic E-state index is 0.130. The van der Waals surface area contributed by atoms with Gasteiger partial charge in [-0.1, -0.05) is 91.0 Å². The molecule has 3 aromatic carbocycles. The van der Waals surface area contributed by atoms with E-state index in [2.05, 4.69) is 0 Å². The first-order chi connectivity index (χ1) is 25.2. The third-order valence-corrected chi connectivity index (χ3v) is 9.08. The lowest BCUT2D eigenvalue weighted by Gasteiger charge is -2.47. The molecule has 3 saturated heterocycles. The van der Waals surface area contributed by atoms with Crippen molar-refractivity contribution in [1.82, 2.24) is 0 Å². The van der Waals surface area contributed by atoms with Gasteiger partial charge in [0.05, 0.1) is 34.0 Å². The molecule has 0 unspecified atom stereocenters. The lowest BCUT2D eigenvalue weighted by molar-refractivity contribution is -0.353. The molecule has 3 fully saturated rings. The predicted molar refractivity (Wildman–Crippen MR) is 182 cm³/mol. The van der Waals surface area contributed by atoms with E-state index in [1.165, 1.54) is 21.3 Å². The fourth-order valence-electron chi connectivity index (χ4n) is 6.63. The number of hydrogen-bond donors (Lipinski definition) is 0. The number of hydrogen-bond acceptors (Lipinski definition) is 13. The second kappa shape index (κ2) is 17.4. The Hall–Kier alpha value is -3.76. The van der Waals surface area contributed by atoms with E-state index in [9.17, 15) is 9.59 Å². The van der Waals surface area contributed by atoms with Crippen LogP contribution in [-0.2, 0) is 81.5 Å². The van der Waals surface area contributed by atoms with Gasteiger partial charge in [0.25, 0.3) is 0 Å². The first kappa shape index (κ1) is 38.0. The molecule has 0 spiro atoms. The maximum Gasteiger partial charge on any atom is 0.337 e. The molecule has 6 rings (SSSR count). The van der Waals surface area contributed by atoms with Crippen LogP contribution < -0.4 is 0 Å². The van der Waals surface area contributed by atoms with Crippen molar-refractivity contribution in [2.75, 3.05) is 21.3 Å². The summed E-state index contributed by atoms with van der Waals surface area (Å²) in [4.78, 5) is 26.8. The van der Waals surface area contributed by atoms with Gasteiger partial charge in [0, 0.05) is 7.11 Å². The van der Waals surface area contributed by atoms with Gasteiger partial charge in [-0.2, -0.15) is 0 Å². The molecule has 0 N–H and O–H groups in total. The van der Waals surface area contributed by atoms with Crippen molar-refractivity contribution in [3.05, 3.63) is 108 Å². The van der Waals surface area contributed by atoms with Crippen molar-refractivity contribution < 1.29 is 61.7 Å². The maximum absolute atomic E-state index is 13.4. The lowest BCUT2D eigenvalue weighted by atomic mass is 9.96. The summed E-state index contributed by atoms with van der Waals surface area (Å²) >= 11 is 0. The number of esters is 2. The van der Waals surface area contributed by atoms with E-state index in [1.807, 2.05) is 91.0 Å². The SMILES string of the molecule is COC(=O)[C@H]1O[C@@H](O[C@H]2[C@H](OCc3ccccc3)[C@H](OCc3ccccc3)[C@@H](OC)O[C@@H]2C(=O)OC)[C@H]2OC(C)(C)O[C@H]2[C@@H]1OCc1ccccc1. The summed E-state index contributed by atoms with van der Waals surface area (Å²) < 4.78 is 67.4. The molecule has 0 radical (unpaired) electrons. The van der Waals surface area contributed by atoms with Gasteiger partial charge in [-0.3, -0.25) is 0 Å². The minimum Gasteiger partial charge on any atom is -0.467 e. The van der Waals surface area contributed by atoms with E-state index in [0.717, 1.165) is 16.7 Å². The van der Waals surface area contributed by atoms with Gasteiger partial charge in [-0.05, 0) is 30.5 Å². The molecular formula is C39H46O13. The van der Waals surface area contributed by atoms with E-state index in [-0.39, 0.29) is 19.8 Å². The largest absolute Gasteiger partial charge is 0.467 e. The normalized spacial score (nSPS) is 31.0. The van der Waals surface area contributed by atoms with Crippen LogP contribution in [-0.4, -0.2) is 100 Å². The average molecular weight is 723 g/mol. The summed E-state index contributed by atoms with van der Waals surface area (Å²) in [6.45, 7) is 3.96. The fourth-order valence-corrected chi connectivity index (χ4v) is 6.63. The van der Waals surface area contributed by atoms with Crippen molar-refractivity contribution in [2.45, 2.75) is 101 Å². The van der Waals surface area contributed by atoms with Crippen LogP contribution in [0.2, 0.25) is 0 Å². The summed E-state index contributed by atoms with van der Waals surface area (Å²) in [6.07, 6.45) is -10.8. The highest BCUT2D eigenvalue weighted by molar-refractivity contribution is 5.76. The number of benzene rings is 3. The number of carbonyl (C=O) groups is 2. The van der Waals surface area contributed by atoms with Gasteiger partial charge in [-0.15, -0.1) is 0 Å². The van der Waals surface area contributed by atoms with Gasteiger partial charge in [0.15, 0.2) is 30.6 Å². The standard InChI is InChI=1S/C39H46O13/c1-39(2)51-30-28(46-22-25-17-11-7-12-18-25)31(35(40)42-3)50-38(34(30)52-39)48-29-27(45-21-24-15-9-6-10-16-24)33(47-23-26-19-13-8-14-20-26)37(44-5)49-32(29)36(41)43-4/h6-20,27-34,37-38H,21-23H2,1-5H3/t27-,28-,29-,30-,31-,32-,33-,34-,37-,38+/m0/s1. The van der Waals surface area contributed by atoms with Crippen molar-refractivity contribution in [2.24, 2.45) is 0 Å². The van der Waals surface area contributed by atoms with E-state index in [1.54, 1.807) is 13.8 Å². The Morgan fingerprint density at radius 1 is 0.558 bits per heavy atom. The third kappa shape index (κ3) is 8.88. The molecule has 3 aliphatic heterocycles. The highest BCUT2D eigenvalue weighted by Crippen LogP contribution is 2.41. The van der Waals surface area contributed by atoms with Crippen LogP contribution in [0.3, 0.4) is 0 Å². The molecule has 52 heavy (non-hydrogen) atoms. The van der Waals surface area contributed by atoms with E-state index in [4.69, 9.17) is 52.1 Å². The zero-order valence-electron chi connectivity index (χ0n) is 29.9. The molecule has 0 aliphatic carbocycles. The van der Waals surface area contributed by atoms with Crippen LogP contribution in [0, 0.1) is 0 Å². The molecular weight excluding hydrogens is 676 g/mol. The van der Waals surface area contributed by atoms with Crippen molar-refractivity contribution in [3.63, 3.8) is 0 Å². The quantitative estimate of drug-likeness (QED) is 0.221. The van der Waals surface area contributed by atoms with Gasteiger partial charge in [0.1, 0.15) is 36.6 Å². The Morgan fingerprint density at radius 3 is 1.46 bits per heavy atom. The van der Waals surface area contributed by atoms with E-state index in [0.29, 0.717) is 0 Å². The fraction of sp³-hybridized carbons (Fsp3) is 0.487. The number of methoxy groups -OCH3 is 3. The van der Waals surface area contributed by atoms with Gasteiger partial charge < -0.3 is 52.1 Å². The molecule has 13 nitrogen and oxygen atoms in total. The van der Waals surface area contributed by atoms with E-state index < -0.39 is 79.1 Å². The Bertz CT molecular complexity index is 1570. The topological polar surface area (TPSA) is 136 Å². The van der Waals surface area contributed by atoms with Crippen LogP contribution in [0.5, 0.6) is 0 Å². The first-order valence-electron chi connectivity index (χ1n) is 17.2. The second-order valence-electron chi connectivity index (χ2n) is 13.1. The maximum atomic E-state index is 13.4. The zero-order valence-corrected chi connectivity index (χ0v) is 29.9. The van der Waals surface area contributed by atoms with Crippen molar-refractivity contribution in [3.8, 4) is 0 Å². The second-order valence-corrected chi connectivity index (χ2v) is 13.1. The predicted octanol–water partition coefficient (Wildman–Crippen LogP) is 4.09. The Kier molecular flexibility index (Phi) is 12.7. The molecule has 0 bridgehead atoms. The minimum atomic E-state index is -1.37. The number of carbonyl (C=O) groups excluding carboxylic acids is 2. The summed E-state index contributed by atoms with van der Waals surface area (Å²) in [5.41, 5.74) is 2.64. The Balaban J connectivity index is 1.34. The lowest BCUT2D eigenvalue weighted by Crippen LogP contribution is -2.66. The molecule has 3 heterocycles. The van der Waals surface area contributed by atoms with Crippen LogP contribution in [0.1, 0.15) is 30.5 Å². The summed E-state index contributed by atoms with van der Waals surface area (Å²) in [5.74, 6) is -2.56. The van der Waals surface area contributed by atoms with E-state index >= 15 is 0 Å². The number of ether oxygens (including phenoxy) is 11. The van der Waals surface area contributed by atoms with Crippen LogP contribution in [0.15, 0.2) is 91.0 Å². The Labute approximate surface area is 303 Å². The molecule has 13 heteroatoms. The summed E-state index contributed by atoms with van der Waals surface area (Å²) in [7, 11) is 3.95. The van der Waals surface area contributed by atoms with Gasteiger partial charge >= 0.3 is 11.9 Å². The highest BCUT2D eigenvalue weighted by atomic mass is 16.8. The summed E-state index contributed by atoms with van der Waals surface area (Å²) in [5, 5.41) is 0. The van der Waals surface area contributed by atoms with Crippen LogP contribution in [0.4, 0.5) is 0 Å². The van der Waals surface area contributed by atoms with Gasteiger partial charge in [-0.25, -0.2) is 9.59 Å². The Morgan fingerprint density at radius 2 is 0.981 bits per heavy atom. The van der Waals surface area contributed by atoms with Crippen LogP contribution >= 0.6 is 0 Å². The molecule has 3 aromatic rings. The van der Waals surface area contributed by atoms with Crippen molar-refractivity contribution >= 4 is 11.9 Å². The summed E-state index contributed by atoms with van der Waals surface area (Å²) in [6, 6.07) is 28.6. The zero-order chi connectivity index (χ0) is 36.7. The highest BCUT2D eigenvalue weighted by Gasteiger charge is 2.61. The molecule has 3 aliphatic rings. The molecule has 280 valence electrons. The average Bonchev–Trinajstić information content (AvgIpc) is 3.51. The molecule has 0 aromatic heterocycles. The van der Waals surface area contributed by atoms with Crippen LogP contribution in [0.25, 0.3) is 0 Å². The molecule has 10 atom stereocenters. The first-order valence-corrected chi connectivity index (χ1v) is 17.2. The monoisotopic (exact) mass is 722 g/mol. The molecule has 0 amide bonds. The molecule has 0 saturated carbocycles. The number of fused-ring (bicyclic) bond motifs is 1. The smallest absolute Gasteiger partial charge is 0.337 e. The van der Waals surface area contributed by atoms with Gasteiger partial charge in [0.2, 0.25) is 0 Å².